The number of benzene rings is 2. The van der Waals surface area contributed by atoms with Gasteiger partial charge in [0.1, 0.15) is 11.4 Å². The zero-order valence-corrected chi connectivity index (χ0v) is 16.7. The number of piperidine rings is 1. The van der Waals surface area contributed by atoms with Gasteiger partial charge in [0, 0.05) is 30.6 Å². The van der Waals surface area contributed by atoms with Crippen molar-refractivity contribution < 1.29 is 19.2 Å². The van der Waals surface area contributed by atoms with Crippen molar-refractivity contribution in [2.45, 2.75) is 19.8 Å². The molecule has 0 aromatic heterocycles. The molecule has 2 aromatic carbocycles. The van der Waals surface area contributed by atoms with Crippen LogP contribution in [0, 0.1) is 16.0 Å². The van der Waals surface area contributed by atoms with Gasteiger partial charge in [-0.05, 0) is 50.1 Å². The van der Waals surface area contributed by atoms with Crippen LogP contribution in [0.1, 0.15) is 30.1 Å². The molecule has 1 fully saturated rings. The molecule has 0 bridgehead atoms. The number of ether oxygens (including phenoxy) is 1. The van der Waals surface area contributed by atoms with Crippen LogP contribution in [-0.2, 0) is 4.79 Å². The van der Waals surface area contributed by atoms with E-state index in [1.165, 1.54) is 6.07 Å². The summed E-state index contributed by atoms with van der Waals surface area (Å²) in [4.78, 5) is 37.4. The average Bonchev–Trinajstić information content (AvgIpc) is 2.78. The fourth-order valence-corrected chi connectivity index (χ4v) is 3.43. The van der Waals surface area contributed by atoms with Gasteiger partial charge in [0.05, 0.1) is 11.5 Å². The Hall–Kier alpha value is -3.62. The smallest absolute Gasteiger partial charge is 0.292 e. The number of rotatable bonds is 6. The molecule has 158 valence electrons. The van der Waals surface area contributed by atoms with E-state index in [4.69, 9.17) is 4.74 Å². The van der Waals surface area contributed by atoms with Crippen LogP contribution in [0.25, 0.3) is 0 Å². The minimum atomic E-state index is -0.413. The molecule has 0 unspecified atom stereocenters. The number of para-hydroxylation sites is 2. The molecule has 3 rings (SSSR count). The number of nitrogens with one attached hydrogen (secondary N) is 2. The Bertz CT molecular complexity index is 908. The van der Waals surface area contributed by atoms with Crippen LogP contribution in [-0.4, -0.2) is 36.4 Å². The molecule has 0 saturated carbocycles. The molecule has 2 N–H and O–H groups in total. The number of nitro benzene ring substituents is 1. The van der Waals surface area contributed by atoms with Crippen LogP contribution in [0.5, 0.6) is 5.75 Å². The first-order chi connectivity index (χ1) is 14.5. The van der Waals surface area contributed by atoms with Crippen molar-refractivity contribution in [3.8, 4) is 5.75 Å². The second kappa shape index (κ2) is 9.73. The number of carbonyl (C=O) groups excluding carboxylic acids is 2. The van der Waals surface area contributed by atoms with E-state index in [-0.39, 0.29) is 17.5 Å². The number of hydrazine groups is 1. The van der Waals surface area contributed by atoms with E-state index >= 15 is 0 Å². The lowest BCUT2D eigenvalue weighted by atomic mass is 9.95. The van der Waals surface area contributed by atoms with E-state index in [1.807, 2.05) is 11.8 Å². The lowest BCUT2D eigenvalue weighted by molar-refractivity contribution is -0.384. The van der Waals surface area contributed by atoms with Crippen LogP contribution >= 0.6 is 0 Å². The van der Waals surface area contributed by atoms with E-state index in [0.717, 1.165) is 0 Å². The minimum Gasteiger partial charge on any atom is -0.494 e. The zero-order valence-electron chi connectivity index (χ0n) is 16.7. The van der Waals surface area contributed by atoms with Gasteiger partial charge in [-0.15, -0.1) is 0 Å². The molecule has 9 nitrogen and oxygen atoms in total. The summed E-state index contributed by atoms with van der Waals surface area (Å²) >= 11 is 0. The summed E-state index contributed by atoms with van der Waals surface area (Å²) in [5.74, 6) is -0.284. The molecule has 1 saturated heterocycles. The topological polar surface area (TPSA) is 114 Å². The van der Waals surface area contributed by atoms with Crippen LogP contribution in [0.2, 0.25) is 0 Å². The van der Waals surface area contributed by atoms with Crippen LogP contribution in [0.15, 0.2) is 48.5 Å². The Labute approximate surface area is 174 Å². The van der Waals surface area contributed by atoms with Crippen molar-refractivity contribution in [3.63, 3.8) is 0 Å². The largest absolute Gasteiger partial charge is 0.494 e. The second-order valence-electron chi connectivity index (χ2n) is 6.91. The summed E-state index contributed by atoms with van der Waals surface area (Å²) in [6, 6.07) is 13.2. The maximum Gasteiger partial charge on any atom is 0.292 e. The van der Waals surface area contributed by atoms with E-state index in [2.05, 4.69) is 10.9 Å². The summed E-state index contributed by atoms with van der Waals surface area (Å²) in [6.45, 7) is 3.46. The molecule has 9 heteroatoms. The molecule has 0 aliphatic carbocycles. The summed E-state index contributed by atoms with van der Waals surface area (Å²) in [5.41, 5.74) is 5.94. The highest BCUT2D eigenvalue weighted by Gasteiger charge is 2.28. The van der Waals surface area contributed by atoms with Gasteiger partial charge >= 0.3 is 0 Å². The third-order valence-electron chi connectivity index (χ3n) is 5.01. The molecule has 0 atom stereocenters. The molecule has 30 heavy (non-hydrogen) atoms. The predicted molar refractivity (Wildman–Crippen MR) is 111 cm³/mol. The monoisotopic (exact) mass is 412 g/mol. The maximum atomic E-state index is 12.4. The normalized spacial score (nSPS) is 14.1. The van der Waals surface area contributed by atoms with Gasteiger partial charge in [-0.2, -0.15) is 0 Å². The molecule has 2 amide bonds. The number of hydrogen-bond donors (Lipinski definition) is 2. The molecular weight excluding hydrogens is 388 g/mol. The number of anilines is 1. The summed E-state index contributed by atoms with van der Waals surface area (Å²) in [6.07, 6.45) is 1.08. The van der Waals surface area contributed by atoms with Gasteiger partial charge in [0.15, 0.2) is 0 Å². The van der Waals surface area contributed by atoms with Crippen molar-refractivity contribution in [1.82, 2.24) is 10.9 Å². The Balaban J connectivity index is 1.50. The molecule has 0 spiro atoms. The number of nitro groups is 1. The molecular formula is C21H24N4O5. The lowest BCUT2D eigenvalue weighted by Crippen LogP contribution is -2.47. The molecule has 1 heterocycles. The van der Waals surface area contributed by atoms with Crippen LogP contribution < -0.4 is 20.5 Å². The number of carbonyl (C=O) groups is 2. The van der Waals surface area contributed by atoms with Crippen molar-refractivity contribution in [1.29, 1.82) is 0 Å². The second-order valence-corrected chi connectivity index (χ2v) is 6.91. The quantitative estimate of drug-likeness (QED) is 0.557. The van der Waals surface area contributed by atoms with Gasteiger partial charge < -0.3 is 9.64 Å². The van der Waals surface area contributed by atoms with Gasteiger partial charge in [0.2, 0.25) is 5.91 Å². The summed E-state index contributed by atoms with van der Waals surface area (Å²) < 4.78 is 5.34. The highest BCUT2D eigenvalue weighted by atomic mass is 16.6. The zero-order chi connectivity index (χ0) is 21.5. The fraction of sp³-hybridized carbons (Fsp3) is 0.333. The van der Waals surface area contributed by atoms with E-state index in [9.17, 15) is 19.7 Å². The van der Waals surface area contributed by atoms with E-state index < -0.39 is 10.8 Å². The Kier molecular flexibility index (Phi) is 6.84. The van der Waals surface area contributed by atoms with Gasteiger partial charge in [0.25, 0.3) is 11.6 Å². The van der Waals surface area contributed by atoms with Crippen LogP contribution in [0.4, 0.5) is 11.4 Å². The Morgan fingerprint density at radius 3 is 2.40 bits per heavy atom. The third kappa shape index (κ3) is 5.05. The number of nitrogens with zero attached hydrogens (tertiary/aromatic N) is 2. The first-order valence-corrected chi connectivity index (χ1v) is 9.81. The maximum absolute atomic E-state index is 12.4. The highest BCUT2D eigenvalue weighted by molar-refractivity contribution is 5.95. The number of amides is 2. The predicted octanol–water partition coefficient (Wildman–Crippen LogP) is 2.67. The molecule has 2 aromatic rings. The van der Waals surface area contributed by atoms with E-state index in [0.29, 0.717) is 49.5 Å². The summed E-state index contributed by atoms with van der Waals surface area (Å²) in [5, 5.41) is 11.2. The standard InChI is InChI=1S/C21H24N4O5/c1-2-30-17-9-7-15(8-10-17)20(26)22-23-21(27)16-11-13-24(14-12-16)18-5-3-4-6-19(18)25(28)29/h3-10,16H,2,11-14H2,1H3,(H,22,26)(H,23,27). The van der Waals surface area contributed by atoms with Crippen molar-refractivity contribution in [2.24, 2.45) is 5.92 Å². The summed E-state index contributed by atoms with van der Waals surface area (Å²) in [7, 11) is 0. The van der Waals surface area contributed by atoms with Crippen molar-refractivity contribution in [2.75, 3.05) is 24.6 Å². The average molecular weight is 412 g/mol. The molecule has 1 aliphatic heterocycles. The SMILES string of the molecule is CCOc1ccc(C(=O)NNC(=O)C2CCN(c3ccccc3[N+](=O)[O-])CC2)cc1. The molecule has 1 aliphatic rings. The van der Waals surface area contributed by atoms with Gasteiger partial charge in [-0.3, -0.25) is 30.6 Å². The molecule has 0 radical (unpaired) electrons. The van der Waals surface area contributed by atoms with E-state index in [1.54, 1.807) is 42.5 Å². The first-order valence-electron chi connectivity index (χ1n) is 9.81. The fourth-order valence-electron chi connectivity index (χ4n) is 3.43. The Morgan fingerprint density at radius 1 is 1.10 bits per heavy atom. The third-order valence-corrected chi connectivity index (χ3v) is 5.01. The van der Waals surface area contributed by atoms with Gasteiger partial charge in [-0.1, -0.05) is 12.1 Å². The highest BCUT2D eigenvalue weighted by Crippen LogP contribution is 2.31. The number of hydrogen-bond acceptors (Lipinski definition) is 6. The minimum absolute atomic E-state index is 0.0584. The first kappa shape index (κ1) is 21.1. The lowest BCUT2D eigenvalue weighted by Gasteiger charge is -2.32. The van der Waals surface area contributed by atoms with Crippen molar-refractivity contribution in [3.05, 3.63) is 64.2 Å². The Morgan fingerprint density at radius 2 is 1.77 bits per heavy atom. The van der Waals surface area contributed by atoms with Gasteiger partial charge in [-0.25, -0.2) is 0 Å². The van der Waals surface area contributed by atoms with Crippen molar-refractivity contribution >= 4 is 23.2 Å². The van der Waals surface area contributed by atoms with Crippen LogP contribution in [0.3, 0.4) is 0 Å².